The van der Waals surface area contributed by atoms with E-state index in [1.54, 1.807) is 0 Å². The van der Waals surface area contributed by atoms with E-state index >= 15 is 0 Å². The fraction of sp³-hybridized carbons (Fsp3) is 0.500. The van der Waals surface area contributed by atoms with Gasteiger partial charge in [-0.05, 0) is 36.2 Å². The summed E-state index contributed by atoms with van der Waals surface area (Å²) in [6.45, 7) is 1.12. The Labute approximate surface area is 112 Å². The predicted octanol–water partition coefficient (Wildman–Crippen LogP) is 4.11. The summed E-state index contributed by atoms with van der Waals surface area (Å²) in [4.78, 5) is 1.31. The Kier molecular flexibility index (Phi) is 3.94. The molecule has 3 atom stereocenters. The van der Waals surface area contributed by atoms with E-state index in [9.17, 15) is 0 Å². The van der Waals surface area contributed by atoms with Crippen LogP contribution in [-0.2, 0) is 4.52 Å². The summed E-state index contributed by atoms with van der Waals surface area (Å²) in [6, 6.07) is 11.1. The molecule has 0 radical (unpaired) electrons. The third-order valence-electron chi connectivity index (χ3n) is 3.28. The van der Waals surface area contributed by atoms with Crippen molar-refractivity contribution in [3.05, 3.63) is 30.3 Å². The minimum atomic E-state index is -0.833. The molecule has 2 heterocycles. The fourth-order valence-electron chi connectivity index (χ4n) is 2.43. The van der Waals surface area contributed by atoms with Crippen molar-refractivity contribution in [1.29, 1.82) is 0 Å². The van der Waals surface area contributed by atoms with Crippen molar-refractivity contribution in [3.63, 3.8) is 0 Å². The molecule has 0 amide bonds. The molecule has 17 heavy (non-hydrogen) atoms. The van der Waals surface area contributed by atoms with Gasteiger partial charge in [-0.1, -0.05) is 18.2 Å². The molecule has 0 aliphatic carbocycles. The molecular weight excluding hydrogens is 273 g/mol. The largest absolute Gasteiger partial charge is 0.326 e. The van der Waals surface area contributed by atoms with Crippen molar-refractivity contribution < 1.29 is 4.52 Å². The molecule has 0 aromatic heterocycles. The number of thioether (sulfide) groups is 1. The Hall–Kier alpha value is 0.210. The molecule has 3 unspecified atom stereocenters. The van der Waals surface area contributed by atoms with Crippen molar-refractivity contribution in [3.8, 4) is 0 Å². The van der Waals surface area contributed by atoms with Crippen molar-refractivity contribution in [2.75, 3.05) is 12.3 Å². The van der Waals surface area contributed by atoms with Crippen LogP contribution < -0.4 is 0 Å². The lowest BCUT2D eigenvalue weighted by Gasteiger charge is -2.16. The molecule has 92 valence electrons. The highest BCUT2D eigenvalue weighted by atomic mass is 35.7. The zero-order chi connectivity index (χ0) is 11.7. The molecule has 3 rings (SSSR count). The number of fused-ring (bicyclic) bond motifs is 1. The zero-order valence-electron chi connectivity index (χ0n) is 9.46. The number of rotatable bonds is 3. The quantitative estimate of drug-likeness (QED) is 0.613. The smallest absolute Gasteiger partial charge is 0.207 e. The van der Waals surface area contributed by atoms with Gasteiger partial charge in [0.2, 0.25) is 7.65 Å². The molecule has 2 fully saturated rings. The van der Waals surface area contributed by atoms with Gasteiger partial charge in [0.15, 0.2) is 0 Å². The lowest BCUT2D eigenvalue weighted by atomic mass is 10.1. The van der Waals surface area contributed by atoms with Gasteiger partial charge in [-0.15, -0.1) is 11.8 Å². The summed E-state index contributed by atoms with van der Waals surface area (Å²) < 4.78 is 8.24. The Morgan fingerprint density at radius 3 is 3.06 bits per heavy atom. The number of nitrogens with zero attached hydrogens (tertiary/aromatic N) is 1. The highest BCUT2D eigenvalue weighted by Crippen LogP contribution is 2.58. The lowest BCUT2D eigenvalue weighted by molar-refractivity contribution is 0.238. The van der Waals surface area contributed by atoms with E-state index in [2.05, 4.69) is 28.9 Å². The average molecular weight is 288 g/mol. The molecule has 5 heteroatoms. The van der Waals surface area contributed by atoms with Gasteiger partial charge in [-0.3, -0.25) is 0 Å². The van der Waals surface area contributed by atoms with Gasteiger partial charge in [0, 0.05) is 23.2 Å². The van der Waals surface area contributed by atoms with E-state index < -0.39 is 7.65 Å². The maximum absolute atomic E-state index is 6.25. The highest BCUT2D eigenvalue weighted by molar-refractivity contribution is 7.99. The Balaban J connectivity index is 1.59. The van der Waals surface area contributed by atoms with E-state index in [4.69, 9.17) is 15.8 Å². The van der Waals surface area contributed by atoms with Gasteiger partial charge < -0.3 is 4.52 Å². The summed E-state index contributed by atoms with van der Waals surface area (Å²) in [5.41, 5.74) is 0. The van der Waals surface area contributed by atoms with Crippen molar-refractivity contribution >= 4 is 30.7 Å². The normalized spacial score (nSPS) is 32.9. The summed E-state index contributed by atoms with van der Waals surface area (Å²) in [5.74, 6) is 1.01. The standard InChI is InChI=1S/C12H15ClNOPS/c13-16-14-8-4-7-11(14)12(15-16)9-17-10-5-2-1-3-6-10/h1-3,5-6,11-12H,4,7-9H2. The van der Waals surface area contributed by atoms with Crippen molar-refractivity contribution in [1.82, 2.24) is 4.67 Å². The van der Waals surface area contributed by atoms with Gasteiger partial charge in [0.05, 0.1) is 6.10 Å². The van der Waals surface area contributed by atoms with Crippen LogP contribution in [0.3, 0.4) is 0 Å². The number of hydrogen-bond donors (Lipinski definition) is 0. The van der Waals surface area contributed by atoms with E-state index in [1.165, 1.54) is 17.7 Å². The minimum absolute atomic E-state index is 0.311. The number of halogens is 1. The second kappa shape index (κ2) is 5.46. The van der Waals surface area contributed by atoms with Crippen LogP contribution >= 0.6 is 30.7 Å². The molecule has 0 bridgehead atoms. The monoisotopic (exact) mass is 287 g/mol. The average Bonchev–Trinajstić information content (AvgIpc) is 2.93. The predicted molar refractivity (Wildman–Crippen MR) is 74.5 cm³/mol. The second-order valence-corrected chi connectivity index (χ2v) is 7.50. The summed E-state index contributed by atoms with van der Waals surface area (Å²) in [6.07, 6.45) is 2.82. The van der Waals surface area contributed by atoms with Crippen LogP contribution in [0.4, 0.5) is 0 Å². The molecule has 0 spiro atoms. The molecule has 0 N–H and O–H groups in total. The summed E-state index contributed by atoms with van der Waals surface area (Å²) in [7, 11) is -0.833. The first kappa shape index (κ1) is 12.3. The van der Waals surface area contributed by atoms with E-state index in [0.29, 0.717) is 12.1 Å². The van der Waals surface area contributed by atoms with Gasteiger partial charge in [-0.25, -0.2) is 4.67 Å². The minimum Gasteiger partial charge on any atom is -0.326 e. The van der Waals surface area contributed by atoms with Gasteiger partial charge >= 0.3 is 0 Å². The molecule has 2 aliphatic heterocycles. The first-order valence-corrected chi connectivity index (χ1v) is 9.02. The van der Waals surface area contributed by atoms with Crippen molar-refractivity contribution in [2.45, 2.75) is 29.9 Å². The Morgan fingerprint density at radius 1 is 1.41 bits per heavy atom. The van der Waals surface area contributed by atoms with Crippen LogP contribution in [0.25, 0.3) is 0 Å². The van der Waals surface area contributed by atoms with Gasteiger partial charge in [0.1, 0.15) is 0 Å². The molecular formula is C12H15ClNOPS. The maximum Gasteiger partial charge on any atom is 0.207 e. The Morgan fingerprint density at radius 2 is 2.24 bits per heavy atom. The number of benzene rings is 1. The van der Waals surface area contributed by atoms with E-state index in [1.807, 2.05) is 17.8 Å². The molecule has 2 nitrogen and oxygen atoms in total. The topological polar surface area (TPSA) is 12.5 Å². The van der Waals surface area contributed by atoms with Crippen LogP contribution in [0.15, 0.2) is 35.2 Å². The summed E-state index contributed by atoms with van der Waals surface area (Å²) >= 11 is 8.12. The van der Waals surface area contributed by atoms with Crippen LogP contribution in [0.2, 0.25) is 0 Å². The van der Waals surface area contributed by atoms with Gasteiger partial charge in [0.25, 0.3) is 0 Å². The van der Waals surface area contributed by atoms with Gasteiger partial charge in [-0.2, -0.15) is 0 Å². The van der Waals surface area contributed by atoms with E-state index in [-0.39, 0.29) is 0 Å². The van der Waals surface area contributed by atoms with Crippen LogP contribution in [0.5, 0.6) is 0 Å². The highest BCUT2D eigenvalue weighted by Gasteiger charge is 2.44. The molecule has 1 aromatic carbocycles. The lowest BCUT2D eigenvalue weighted by Crippen LogP contribution is -2.29. The third-order valence-corrected chi connectivity index (χ3v) is 6.55. The zero-order valence-corrected chi connectivity index (χ0v) is 11.9. The number of hydrogen-bond acceptors (Lipinski definition) is 3. The molecule has 2 saturated heterocycles. The SMILES string of the molecule is ClP1OC(CSc2ccccc2)C2CCCN21. The van der Waals surface area contributed by atoms with E-state index in [0.717, 1.165) is 12.3 Å². The molecule has 0 saturated carbocycles. The maximum atomic E-state index is 6.25. The first-order chi connectivity index (χ1) is 8.34. The van der Waals surface area contributed by atoms with Crippen molar-refractivity contribution in [2.24, 2.45) is 0 Å². The first-order valence-electron chi connectivity index (χ1n) is 5.92. The molecule has 1 aromatic rings. The third kappa shape index (κ3) is 2.64. The van der Waals surface area contributed by atoms with Crippen LogP contribution in [0.1, 0.15) is 12.8 Å². The van der Waals surface area contributed by atoms with Crippen LogP contribution in [-0.4, -0.2) is 29.1 Å². The Bertz CT molecular complexity index is 380. The summed E-state index contributed by atoms with van der Waals surface area (Å²) in [5, 5.41) is 0. The fourth-order valence-corrected chi connectivity index (χ4v) is 5.75. The van der Waals surface area contributed by atoms with Crippen LogP contribution in [0, 0.1) is 0 Å². The molecule has 2 aliphatic rings. The second-order valence-electron chi connectivity index (χ2n) is 4.37.